The van der Waals surface area contributed by atoms with E-state index >= 15 is 0 Å². The molecule has 3 atom stereocenters. The van der Waals surface area contributed by atoms with Gasteiger partial charge in [0.25, 0.3) is 0 Å². The first-order valence-electron chi connectivity index (χ1n) is 9.26. The molecule has 25 heavy (non-hydrogen) atoms. The molecule has 0 spiro atoms. The Morgan fingerprint density at radius 1 is 1.32 bits per heavy atom. The van der Waals surface area contributed by atoms with Gasteiger partial charge in [0.2, 0.25) is 0 Å². The molecule has 1 saturated heterocycles. The van der Waals surface area contributed by atoms with Crippen molar-refractivity contribution in [3.05, 3.63) is 47.3 Å². The number of rotatable bonds is 5. The molecule has 2 aromatic rings. The van der Waals surface area contributed by atoms with Gasteiger partial charge in [-0.2, -0.15) is 5.10 Å². The molecule has 1 aromatic carbocycles. The summed E-state index contributed by atoms with van der Waals surface area (Å²) in [5, 5.41) is 8.12. The van der Waals surface area contributed by atoms with Gasteiger partial charge in [0.1, 0.15) is 11.9 Å². The second-order valence-corrected chi connectivity index (χ2v) is 7.10. The fourth-order valence-corrected chi connectivity index (χ4v) is 4.36. The predicted octanol–water partition coefficient (Wildman–Crippen LogP) is 3.17. The Morgan fingerprint density at radius 2 is 2.24 bits per heavy atom. The lowest BCUT2D eigenvalue weighted by Crippen LogP contribution is -2.34. The highest BCUT2D eigenvalue weighted by Gasteiger charge is 2.31. The van der Waals surface area contributed by atoms with Crippen LogP contribution in [0.5, 0.6) is 5.75 Å². The van der Waals surface area contributed by atoms with E-state index in [0.717, 1.165) is 38.2 Å². The van der Waals surface area contributed by atoms with Crippen molar-refractivity contribution in [3.8, 4) is 5.75 Å². The van der Waals surface area contributed by atoms with E-state index in [1.54, 1.807) is 7.11 Å². The van der Waals surface area contributed by atoms with Crippen LogP contribution >= 0.6 is 0 Å². The van der Waals surface area contributed by atoms with Crippen LogP contribution in [0.2, 0.25) is 0 Å². The van der Waals surface area contributed by atoms with Crippen LogP contribution in [-0.4, -0.2) is 30.0 Å². The number of hydrogen-bond acceptors (Lipinski definition) is 4. The lowest BCUT2D eigenvalue weighted by Gasteiger charge is -2.33. The summed E-state index contributed by atoms with van der Waals surface area (Å²) in [7, 11) is 3.76. The highest BCUT2D eigenvalue weighted by atomic mass is 16.5. The Hall–Kier alpha value is -1.85. The van der Waals surface area contributed by atoms with Gasteiger partial charge in [0.15, 0.2) is 0 Å². The molecule has 0 amide bonds. The summed E-state index contributed by atoms with van der Waals surface area (Å²) >= 11 is 0. The number of aryl methyl sites for hydroxylation is 1. The van der Waals surface area contributed by atoms with Crippen molar-refractivity contribution in [3.63, 3.8) is 0 Å². The maximum Gasteiger partial charge on any atom is 0.122 e. The predicted molar refractivity (Wildman–Crippen MR) is 96.7 cm³/mol. The minimum absolute atomic E-state index is 0.139. The van der Waals surface area contributed by atoms with Crippen molar-refractivity contribution >= 4 is 0 Å². The average Bonchev–Trinajstić information content (AvgIpc) is 3.26. The fraction of sp³-hybridized carbons (Fsp3) is 0.550. The summed E-state index contributed by atoms with van der Waals surface area (Å²) in [5.74, 6) is 1.51. The van der Waals surface area contributed by atoms with Gasteiger partial charge in [-0.25, -0.2) is 0 Å². The average molecular weight is 341 g/mol. The molecule has 1 aliphatic heterocycles. The maximum absolute atomic E-state index is 6.12. The van der Waals surface area contributed by atoms with Gasteiger partial charge in [0, 0.05) is 38.4 Å². The van der Waals surface area contributed by atoms with Gasteiger partial charge >= 0.3 is 0 Å². The van der Waals surface area contributed by atoms with Crippen molar-refractivity contribution in [2.24, 2.45) is 13.0 Å². The Bertz CT molecular complexity index is 727. The minimum Gasteiger partial charge on any atom is -0.496 e. The van der Waals surface area contributed by atoms with Gasteiger partial charge in [-0.1, -0.05) is 12.1 Å². The largest absolute Gasteiger partial charge is 0.496 e. The van der Waals surface area contributed by atoms with Crippen LogP contribution in [0.4, 0.5) is 0 Å². The SMILES string of the molecule is COc1cccc2c1CCC2NC[C@@H]1CCCO[C@H]1c1ccnn1C. The highest BCUT2D eigenvalue weighted by molar-refractivity contribution is 5.45. The first-order valence-corrected chi connectivity index (χ1v) is 9.26. The zero-order valence-electron chi connectivity index (χ0n) is 15.1. The van der Waals surface area contributed by atoms with Crippen LogP contribution < -0.4 is 10.1 Å². The van der Waals surface area contributed by atoms with E-state index in [0.29, 0.717) is 12.0 Å². The minimum atomic E-state index is 0.139. The van der Waals surface area contributed by atoms with Gasteiger partial charge in [-0.3, -0.25) is 4.68 Å². The lowest BCUT2D eigenvalue weighted by molar-refractivity contribution is -0.0329. The number of methoxy groups -OCH3 is 1. The smallest absolute Gasteiger partial charge is 0.122 e. The van der Waals surface area contributed by atoms with E-state index in [9.17, 15) is 0 Å². The van der Waals surface area contributed by atoms with E-state index in [4.69, 9.17) is 9.47 Å². The van der Waals surface area contributed by atoms with Gasteiger partial charge < -0.3 is 14.8 Å². The Morgan fingerprint density at radius 3 is 3.04 bits per heavy atom. The molecule has 1 N–H and O–H groups in total. The van der Waals surface area contributed by atoms with Gasteiger partial charge in [0.05, 0.1) is 12.8 Å². The molecule has 4 rings (SSSR count). The molecule has 5 nitrogen and oxygen atoms in total. The number of nitrogens with zero attached hydrogens (tertiary/aromatic N) is 2. The molecular weight excluding hydrogens is 314 g/mol. The summed E-state index contributed by atoms with van der Waals surface area (Å²) in [6.07, 6.45) is 6.55. The third-order valence-corrected chi connectivity index (χ3v) is 5.67. The highest BCUT2D eigenvalue weighted by Crippen LogP contribution is 2.38. The molecular formula is C20H27N3O2. The van der Waals surface area contributed by atoms with Crippen LogP contribution in [0, 0.1) is 5.92 Å². The molecule has 134 valence electrons. The number of nitrogens with one attached hydrogen (secondary N) is 1. The first-order chi connectivity index (χ1) is 12.3. The third kappa shape index (κ3) is 3.18. The lowest BCUT2D eigenvalue weighted by atomic mass is 9.91. The van der Waals surface area contributed by atoms with Crippen molar-refractivity contribution in [2.45, 2.75) is 37.8 Å². The van der Waals surface area contributed by atoms with Crippen molar-refractivity contribution in [1.29, 1.82) is 0 Å². The zero-order valence-corrected chi connectivity index (χ0v) is 15.1. The summed E-state index contributed by atoms with van der Waals surface area (Å²) in [5.41, 5.74) is 3.94. The number of fused-ring (bicyclic) bond motifs is 1. The fourth-order valence-electron chi connectivity index (χ4n) is 4.36. The molecule has 1 aliphatic carbocycles. The summed E-state index contributed by atoms with van der Waals surface area (Å²) in [4.78, 5) is 0. The Kier molecular flexibility index (Phi) is 4.77. The number of hydrogen-bond donors (Lipinski definition) is 1. The molecule has 0 saturated carbocycles. The van der Waals surface area contributed by atoms with E-state index < -0.39 is 0 Å². The van der Waals surface area contributed by atoms with Crippen molar-refractivity contribution in [2.75, 3.05) is 20.3 Å². The Balaban J connectivity index is 1.46. The molecule has 1 aromatic heterocycles. The van der Waals surface area contributed by atoms with Crippen LogP contribution in [-0.2, 0) is 18.2 Å². The van der Waals surface area contributed by atoms with Gasteiger partial charge in [-0.15, -0.1) is 0 Å². The van der Waals surface area contributed by atoms with E-state index in [-0.39, 0.29) is 6.10 Å². The van der Waals surface area contributed by atoms with E-state index in [1.165, 1.54) is 23.2 Å². The number of ether oxygens (including phenoxy) is 2. The standard InChI is InChI=1S/C20H27N3O2/c1-23-18(10-11-22-23)20-14(5-4-12-25-20)13-21-17-9-8-16-15(17)6-3-7-19(16)24-2/h3,6-7,10-11,14,17,20-21H,4-5,8-9,12-13H2,1-2H3/t14-,17?,20+/m0/s1. The number of aromatic nitrogens is 2. The second kappa shape index (κ2) is 7.18. The molecule has 5 heteroatoms. The van der Waals surface area contributed by atoms with Crippen molar-refractivity contribution < 1.29 is 9.47 Å². The molecule has 1 unspecified atom stereocenters. The van der Waals surface area contributed by atoms with Crippen LogP contribution in [0.1, 0.15) is 48.2 Å². The topological polar surface area (TPSA) is 48.3 Å². The third-order valence-electron chi connectivity index (χ3n) is 5.67. The van der Waals surface area contributed by atoms with E-state index in [1.807, 2.05) is 17.9 Å². The summed E-state index contributed by atoms with van der Waals surface area (Å²) < 4.78 is 13.6. The van der Waals surface area contributed by atoms with Crippen molar-refractivity contribution in [1.82, 2.24) is 15.1 Å². The van der Waals surface area contributed by atoms with Gasteiger partial charge in [-0.05, 0) is 48.9 Å². The first kappa shape index (κ1) is 16.6. The molecule has 1 fully saturated rings. The summed E-state index contributed by atoms with van der Waals surface area (Å²) in [6.45, 7) is 1.81. The molecule has 2 aliphatic rings. The molecule has 0 bridgehead atoms. The second-order valence-electron chi connectivity index (χ2n) is 7.10. The summed E-state index contributed by atoms with van der Waals surface area (Å²) in [6, 6.07) is 8.89. The number of benzene rings is 1. The molecule has 0 radical (unpaired) electrons. The quantitative estimate of drug-likeness (QED) is 0.907. The monoisotopic (exact) mass is 341 g/mol. The van der Waals surface area contributed by atoms with Crippen LogP contribution in [0.15, 0.2) is 30.5 Å². The van der Waals surface area contributed by atoms with Crippen LogP contribution in [0.25, 0.3) is 0 Å². The zero-order chi connectivity index (χ0) is 17.2. The van der Waals surface area contributed by atoms with E-state index in [2.05, 4.69) is 34.7 Å². The Labute approximate surface area is 149 Å². The maximum atomic E-state index is 6.12. The molecule has 2 heterocycles. The van der Waals surface area contributed by atoms with Crippen LogP contribution in [0.3, 0.4) is 0 Å². The normalized spacial score (nSPS) is 25.8.